The standard InChI is InChI=1S/C13H24N2O4S/c1-5-15(10-6-7-20(18,19)9-10)11(16)8-14-12(17)13(2,3)4/h10H,5-9H2,1-4H3,(H,14,17). The number of hydrogen-bond acceptors (Lipinski definition) is 4. The Labute approximate surface area is 120 Å². The van der Waals surface area contributed by atoms with Crippen LogP contribution in [0.4, 0.5) is 0 Å². The first kappa shape index (κ1) is 16.9. The van der Waals surface area contributed by atoms with Crippen LogP contribution < -0.4 is 5.32 Å². The van der Waals surface area contributed by atoms with Gasteiger partial charge in [-0.05, 0) is 13.3 Å². The van der Waals surface area contributed by atoms with Crippen molar-refractivity contribution < 1.29 is 18.0 Å². The summed E-state index contributed by atoms with van der Waals surface area (Å²) < 4.78 is 22.9. The van der Waals surface area contributed by atoms with E-state index >= 15 is 0 Å². The lowest BCUT2D eigenvalue weighted by atomic mass is 9.96. The number of carbonyl (C=O) groups excluding carboxylic acids is 2. The second kappa shape index (κ2) is 6.11. The molecule has 0 bridgehead atoms. The molecule has 20 heavy (non-hydrogen) atoms. The van der Waals surface area contributed by atoms with Crippen molar-refractivity contribution in [2.45, 2.75) is 40.2 Å². The number of nitrogens with zero attached hydrogens (tertiary/aromatic N) is 1. The average molecular weight is 304 g/mol. The van der Waals surface area contributed by atoms with Gasteiger partial charge >= 0.3 is 0 Å². The summed E-state index contributed by atoms with van der Waals surface area (Å²) in [5, 5.41) is 2.60. The molecule has 0 aliphatic carbocycles. The molecule has 6 nitrogen and oxygen atoms in total. The fourth-order valence-electron chi connectivity index (χ4n) is 2.18. The second-order valence-electron chi connectivity index (χ2n) is 6.17. The van der Waals surface area contributed by atoms with Crippen molar-refractivity contribution in [1.82, 2.24) is 10.2 Å². The molecule has 1 aliphatic heterocycles. The topological polar surface area (TPSA) is 83.6 Å². The van der Waals surface area contributed by atoms with Crippen LogP contribution in [-0.4, -0.2) is 55.8 Å². The molecule has 7 heteroatoms. The molecule has 0 radical (unpaired) electrons. The summed E-state index contributed by atoms with van der Waals surface area (Å²) in [6, 6.07) is -0.260. The van der Waals surface area contributed by atoms with Crippen LogP contribution in [0, 0.1) is 5.41 Å². The molecule has 1 heterocycles. The summed E-state index contributed by atoms with van der Waals surface area (Å²) in [5.41, 5.74) is -0.548. The van der Waals surface area contributed by atoms with Gasteiger partial charge in [-0.2, -0.15) is 0 Å². The van der Waals surface area contributed by atoms with Gasteiger partial charge in [-0.3, -0.25) is 9.59 Å². The molecule has 1 aliphatic rings. The molecular formula is C13H24N2O4S. The highest BCUT2D eigenvalue weighted by molar-refractivity contribution is 7.91. The van der Waals surface area contributed by atoms with E-state index < -0.39 is 15.3 Å². The van der Waals surface area contributed by atoms with Crippen molar-refractivity contribution in [3.8, 4) is 0 Å². The van der Waals surface area contributed by atoms with Crippen LogP contribution in [0.1, 0.15) is 34.1 Å². The van der Waals surface area contributed by atoms with Gasteiger partial charge in [0.05, 0.1) is 18.1 Å². The van der Waals surface area contributed by atoms with Gasteiger partial charge in [0.2, 0.25) is 11.8 Å². The van der Waals surface area contributed by atoms with Crippen molar-refractivity contribution in [2.24, 2.45) is 5.41 Å². The predicted octanol–water partition coefficient (Wildman–Crippen LogP) is 0.184. The summed E-state index contributed by atoms with van der Waals surface area (Å²) in [4.78, 5) is 25.4. The third kappa shape index (κ3) is 4.47. The molecule has 1 N–H and O–H groups in total. The Bertz CT molecular complexity index is 479. The molecule has 0 spiro atoms. The maximum atomic E-state index is 12.1. The summed E-state index contributed by atoms with van der Waals surface area (Å²) in [6.07, 6.45) is 0.481. The summed E-state index contributed by atoms with van der Waals surface area (Å²) in [5.74, 6) is -0.261. The van der Waals surface area contributed by atoms with Gasteiger partial charge in [0.1, 0.15) is 0 Å². The minimum absolute atomic E-state index is 0.0276. The van der Waals surface area contributed by atoms with E-state index in [0.29, 0.717) is 13.0 Å². The van der Waals surface area contributed by atoms with E-state index in [-0.39, 0.29) is 35.9 Å². The normalized spacial score (nSPS) is 21.5. The minimum atomic E-state index is -3.02. The van der Waals surface area contributed by atoms with Gasteiger partial charge in [0.15, 0.2) is 9.84 Å². The van der Waals surface area contributed by atoms with Crippen molar-refractivity contribution in [2.75, 3.05) is 24.6 Å². The Morgan fingerprint density at radius 3 is 2.30 bits per heavy atom. The largest absolute Gasteiger partial charge is 0.347 e. The van der Waals surface area contributed by atoms with E-state index in [2.05, 4.69) is 5.32 Å². The van der Waals surface area contributed by atoms with Crippen LogP contribution in [0.3, 0.4) is 0 Å². The van der Waals surface area contributed by atoms with Crippen LogP contribution in [0.5, 0.6) is 0 Å². The zero-order valence-electron chi connectivity index (χ0n) is 12.6. The highest BCUT2D eigenvalue weighted by atomic mass is 32.2. The molecule has 0 aromatic carbocycles. The molecule has 0 aromatic rings. The number of carbonyl (C=O) groups is 2. The molecule has 0 saturated carbocycles. The highest BCUT2D eigenvalue weighted by Gasteiger charge is 2.34. The number of hydrogen-bond donors (Lipinski definition) is 1. The molecular weight excluding hydrogens is 280 g/mol. The van der Waals surface area contributed by atoms with Crippen LogP contribution in [0.2, 0.25) is 0 Å². The smallest absolute Gasteiger partial charge is 0.242 e. The Hall–Kier alpha value is -1.11. The quantitative estimate of drug-likeness (QED) is 0.803. The zero-order valence-corrected chi connectivity index (χ0v) is 13.4. The van der Waals surface area contributed by atoms with Gasteiger partial charge in [-0.25, -0.2) is 8.42 Å². The van der Waals surface area contributed by atoms with Crippen molar-refractivity contribution >= 4 is 21.7 Å². The Morgan fingerprint density at radius 1 is 1.30 bits per heavy atom. The van der Waals surface area contributed by atoms with E-state index in [4.69, 9.17) is 0 Å². The maximum Gasteiger partial charge on any atom is 0.242 e. The molecule has 2 amide bonds. The molecule has 116 valence electrons. The van der Waals surface area contributed by atoms with Crippen molar-refractivity contribution in [3.63, 3.8) is 0 Å². The van der Waals surface area contributed by atoms with Crippen molar-refractivity contribution in [3.05, 3.63) is 0 Å². The van der Waals surface area contributed by atoms with Gasteiger partial charge < -0.3 is 10.2 Å². The first-order valence-electron chi connectivity index (χ1n) is 6.85. The Morgan fingerprint density at radius 2 is 1.90 bits per heavy atom. The van der Waals surface area contributed by atoms with Gasteiger partial charge in [0.25, 0.3) is 0 Å². The third-order valence-corrected chi connectivity index (χ3v) is 5.14. The van der Waals surface area contributed by atoms with E-state index in [0.717, 1.165) is 0 Å². The second-order valence-corrected chi connectivity index (χ2v) is 8.40. The first-order valence-corrected chi connectivity index (χ1v) is 8.67. The average Bonchev–Trinajstić information content (AvgIpc) is 2.66. The molecule has 1 rings (SSSR count). The van der Waals surface area contributed by atoms with Crippen LogP contribution in [0.15, 0.2) is 0 Å². The SMILES string of the molecule is CCN(C(=O)CNC(=O)C(C)(C)C)C1CCS(=O)(=O)C1. The molecule has 1 saturated heterocycles. The number of likely N-dealkylation sites (N-methyl/N-ethyl adjacent to an activating group) is 1. The molecule has 1 atom stereocenters. The molecule has 1 unspecified atom stereocenters. The lowest BCUT2D eigenvalue weighted by molar-refractivity contribution is -0.136. The van der Waals surface area contributed by atoms with Gasteiger partial charge in [-0.15, -0.1) is 0 Å². The summed E-state index contributed by atoms with van der Waals surface area (Å²) in [7, 11) is -3.02. The zero-order chi connectivity index (χ0) is 15.6. The lowest BCUT2D eigenvalue weighted by Crippen LogP contribution is -2.47. The number of nitrogens with one attached hydrogen (secondary N) is 1. The lowest BCUT2D eigenvalue weighted by Gasteiger charge is -2.27. The van der Waals surface area contributed by atoms with Gasteiger partial charge in [-0.1, -0.05) is 20.8 Å². The number of amides is 2. The van der Waals surface area contributed by atoms with Gasteiger partial charge in [0, 0.05) is 18.0 Å². The maximum absolute atomic E-state index is 12.1. The predicted molar refractivity (Wildman–Crippen MR) is 76.9 cm³/mol. The van der Waals surface area contributed by atoms with Crippen LogP contribution in [0.25, 0.3) is 0 Å². The van der Waals surface area contributed by atoms with E-state index in [1.54, 1.807) is 25.7 Å². The van der Waals surface area contributed by atoms with E-state index in [1.165, 1.54) is 0 Å². The monoisotopic (exact) mass is 304 g/mol. The van der Waals surface area contributed by atoms with Crippen LogP contribution in [-0.2, 0) is 19.4 Å². The van der Waals surface area contributed by atoms with Crippen molar-refractivity contribution in [1.29, 1.82) is 0 Å². The third-order valence-electron chi connectivity index (χ3n) is 3.39. The number of sulfone groups is 1. The highest BCUT2D eigenvalue weighted by Crippen LogP contribution is 2.18. The summed E-state index contributed by atoms with van der Waals surface area (Å²) >= 11 is 0. The fraction of sp³-hybridized carbons (Fsp3) is 0.846. The van der Waals surface area contributed by atoms with Crippen LogP contribution >= 0.6 is 0 Å². The molecule has 0 aromatic heterocycles. The molecule has 1 fully saturated rings. The Balaban J connectivity index is 2.59. The fourth-order valence-corrected chi connectivity index (χ4v) is 3.91. The first-order chi connectivity index (χ1) is 9.07. The van der Waals surface area contributed by atoms with E-state index in [9.17, 15) is 18.0 Å². The summed E-state index contributed by atoms with van der Waals surface area (Å²) in [6.45, 7) is 7.50. The minimum Gasteiger partial charge on any atom is -0.347 e. The van der Waals surface area contributed by atoms with E-state index in [1.807, 2.05) is 6.92 Å². The Kier molecular flexibility index (Phi) is 5.18. The number of rotatable bonds is 4.